The van der Waals surface area contributed by atoms with Crippen LogP contribution in [-0.4, -0.2) is 17.6 Å². The first kappa shape index (κ1) is 17.0. The lowest BCUT2D eigenvalue weighted by Gasteiger charge is -2.11. The van der Waals surface area contributed by atoms with Gasteiger partial charge in [0.2, 0.25) is 0 Å². The smallest absolute Gasteiger partial charge is 0.344 e. The summed E-state index contributed by atoms with van der Waals surface area (Å²) in [6.07, 6.45) is 1.66. The minimum absolute atomic E-state index is 0.184. The summed E-state index contributed by atoms with van der Waals surface area (Å²) in [4.78, 5) is 16.2. The van der Waals surface area contributed by atoms with Crippen LogP contribution in [0.4, 0.5) is 0 Å². The van der Waals surface area contributed by atoms with Gasteiger partial charge in [-0.1, -0.05) is 41.9 Å². The maximum absolute atomic E-state index is 11.9. The zero-order chi connectivity index (χ0) is 16.9. The van der Waals surface area contributed by atoms with Crippen LogP contribution in [0.2, 0.25) is 5.02 Å². The van der Waals surface area contributed by atoms with Crippen LogP contribution in [-0.2, 0) is 16.1 Å². The Bertz CT molecular complexity index is 871. The summed E-state index contributed by atoms with van der Waals surface area (Å²) in [5.41, 5.74) is 1.56. The lowest BCUT2D eigenvalue weighted by atomic mass is 10.2. The zero-order valence-corrected chi connectivity index (χ0v) is 15.5. The zero-order valence-electron chi connectivity index (χ0n) is 12.5. The predicted molar refractivity (Wildman–Crippen MR) is 101 cm³/mol. The summed E-state index contributed by atoms with van der Waals surface area (Å²) < 4.78 is 11.7. The molecule has 24 heavy (non-hydrogen) atoms. The van der Waals surface area contributed by atoms with Gasteiger partial charge in [0.1, 0.15) is 12.1 Å². The molecule has 0 amide bonds. The maximum atomic E-state index is 11.9. The molecule has 0 aliphatic carbocycles. The predicted octanol–water partition coefficient (Wildman–Crippen LogP) is 4.62. The van der Waals surface area contributed by atoms with Gasteiger partial charge in [-0.3, -0.25) is 4.98 Å². The fraction of sp³-hybridized carbons (Fsp3) is 0.111. The highest BCUT2D eigenvalue weighted by Gasteiger charge is 2.14. The van der Waals surface area contributed by atoms with E-state index in [1.807, 2.05) is 36.4 Å². The van der Waals surface area contributed by atoms with Crippen molar-refractivity contribution in [3.63, 3.8) is 0 Å². The van der Waals surface area contributed by atoms with E-state index in [1.165, 1.54) is 0 Å². The van der Waals surface area contributed by atoms with Gasteiger partial charge in [0, 0.05) is 11.6 Å². The number of pyridine rings is 1. The Labute approximate surface area is 157 Å². The molecule has 0 bridgehead atoms. The number of esters is 1. The van der Waals surface area contributed by atoms with Crippen molar-refractivity contribution in [3.8, 4) is 5.75 Å². The van der Waals surface area contributed by atoms with E-state index >= 15 is 0 Å². The number of halogens is 2. The Morgan fingerprint density at radius 1 is 1.17 bits per heavy atom. The number of aromatic nitrogens is 1. The number of hydrogen-bond acceptors (Lipinski definition) is 4. The molecule has 0 N–H and O–H groups in total. The van der Waals surface area contributed by atoms with E-state index in [9.17, 15) is 4.79 Å². The van der Waals surface area contributed by atoms with Gasteiger partial charge < -0.3 is 9.47 Å². The average molecular weight is 454 g/mol. The van der Waals surface area contributed by atoms with Crippen molar-refractivity contribution in [2.24, 2.45) is 0 Å². The van der Waals surface area contributed by atoms with Gasteiger partial charge in [-0.05, 0) is 46.4 Å². The molecule has 4 nitrogen and oxygen atoms in total. The monoisotopic (exact) mass is 453 g/mol. The third-order valence-electron chi connectivity index (χ3n) is 3.33. The number of carbonyl (C=O) groups excluding carboxylic acids is 1. The van der Waals surface area contributed by atoms with Crippen molar-refractivity contribution >= 4 is 51.1 Å². The lowest BCUT2D eigenvalue weighted by molar-refractivity contribution is -0.147. The van der Waals surface area contributed by atoms with E-state index < -0.39 is 5.97 Å². The van der Waals surface area contributed by atoms with Gasteiger partial charge in [-0.25, -0.2) is 4.79 Å². The highest BCUT2D eigenvalue weighted by Crippen LogP contribution is 2.34. The van der Waals surface area contributed by atoms with Crippen molar-refractivity contribution in [3.05, 3.63) is 68.9 Å². The second-order valence-electron chi connectivity index (χ2n) is 5.00. The summed E-state index contributed by atoms with van der Waals surface area (Å²) in [5, 5.41) is 1.38. The molecule has 0 spiro atoms. The van der Waals surface area contributed by atoms with Crippen molar-refractivity contribution in [1.82, 2.24) is 4.98 Å². The minimum Gasteiger partial charge on any atom is -0.478 e. The number of benzene rings is 2. The lowest BCUT2D eigenvalue weighted by Crippen LogP contribution is -2.15. The third-order valence-corrected chi connectivity index (χ3v) is 4.44. The highest BCUT2D eigenvalue weighted by molar-refractivity contribution is 14.1. The second-order valence-corrected chi connectivity index (χ2v) is 6.57. The van der Waals surface area contributed by atoms with Gasteiger partial charge in [0.15, 0.2) is 12.4 Å². The normalized spacial score (nSPS) is 10.6. The summed E-state index contributed by atoms with van der Waals surface area (Å²) in [5.74, 6) is 0.0981. The standard InChI is InChI=1S/C18H13ClINO3/c19-14-9-15(20)18(17-13(14)7-4-8-21-17)24-11-16(22)23-10-12-5-2-1-3-6-12/h1-9H,10-11H2. The van der Waals surface area contributed by atoms with E-state index in [0.29, 0.717) is 16.3 Å². The molecule has 3 rings (SSSR count). The van der Waals surface area contributed by atoms with E-state index in [2.05, 4.69) is 27.6 Å². The van der Waals surface area contributed by atoms with Gasteiger partial charge >= 0.3 is 5.97 Å². The number of hydrogen-bond donors (Lipinski definition) is 0. The number of carbonyl (C=O) groups is 1. The summed E-state index contributed by atoms with van der Waals surface area (Å²) >= 11 is 8.33. The first-order valence-electron chi connectivity index (χ1n) is 7.20. The fourth-order valence-corrected chi connectivity index (χ4v) is 3.36. The van der Waals surface area contributed by atoms with Gasteiger partial charge in [-0.15, -0.1) is 0 Å². The molecule has 0 aliphatic heterocycles. The Kier molecular flexibility index (Phi) is 5.52. The summed E-state index contributed by atoms with van der Waals surface area (Å²) in [7, 11) is 0. The molecule has 1 heterocycles. The largest absolute Gasteiger partial charge is 0.478 e. The Hall–Kier alpha value is -1.86. The molecule has 1 aromatic heterocycles. The molecule has 0 aliphatic rings. The molecule has 122 valence electrons. The van der Waals surface area contributed by atoms with Gasteiger partial charge in [-0.2, -0.15) is 0 Å². The molecule has 0 saturated carbocycles. The maximum Gasteiger partial charge on any atom is 0.344 e. The van der Waals surface area contributed by atoms with Crippen molar-refractivity contribution in [2.45, 2.75) is 6.61 Å². The Balaban J connectivity index is 1.68. The summed E-state index contributed by atoms with van der Waals surface area (Å²) in [6, 6.07) is 15.0. The molecule has 3 aromatic rings. The molecule has 0 unspecified atom stereocenters. The minimum atomic E-state index is -0.436. The molecule has 0 radical (unpaired) electrons. The molecular formula is C18H13ClINO3. The van der Waals surface area contributed by atoms with Crippen LogP contribution >= 0.6 is 34.2 Å². The van der Waals surface area contributed by atoms with Crippen molar-refractivity contribution in [2.75, 3.05) is 6.61 Å². The van der Waals surface area contributed by atoms with Crippen LogP contribution in [0.25, 0.3) is 10.9 Å². The molecular weight excluding hydrogens is 441 g/mol. The molecule has 0 atom stereocenters. The quantitative estimate of drug-likeness (QED) is 0.418. The third kappa shape index (κ3) is 3.96. The highest BCUT2D eigenvalue weighted by atomic mass is 127. The van der Waals surface area contributed by atoms with Crippen LogP contribution in [0.15, 0.2) is 54.7 Å². The molecule has 0 fully saturated rings. The Morgan fingerprint density at radius 3 is 2.75 bits per heavy atom. The van der Waals surface area contributed by atoms with Gasteiger partial charge in [0.25, 0.3) is 0 Å². The summed E-state index contributed by atoms with van der Waals surface area (Å²) in [6.45, 7) is 0.0376. The first-order chi connectivity index (χ1) is 11.6. The van der Waals surface area contributed by atoms with E-state index in [4.69, 9.17) is 21.1 Å². The Morgan fingerprint density at radius 2 is 1.96 bits per heavy atom. The SMILES string of the molecule is O=C(COc1c(I)cc(Cl)c2cccnc12)OCc1ccccc1. The van der Waals surface area contributed by atoms with Crippen LogP contribution < -0.4 is 4.74 Å². The topological polar surface area (TPSA) is 48.4 Å². The van der Waals surface area contributed by atoms with E-state index in [-0.39, 0.29) is 13.2 Å². The van der Waals surface area contributed by atoms with Crippen LogP contribution in [0.3, 0.4) is 0 Å². The van der Waals surface area contributed by atoms with Crippen LogP contribution in [0.1, 0.15) is 5.56 Å². The second kappa shape index (κ2) is 7.81. The number of ether oxygens (including phenoxy) is 2. The number of nitrogens with zero attached hydrogens (tertiary/aromatic N) is 1. The van der Waals surface area contributed by atoms with Crippen molar-refractivity contribution in [1.29, 1.82) is 0 Å². The fourth-order valence-electron chi connectivity index (χ4n) is 2.19. The number of fused-ring (bicyclic) bond motifs is 1. The van der Waals surface area contributed by atoms with Crippen molar-refractivity contribution < 1.29 is 14.3 Å². The van der Waals surface area contributed by atoms with Gasteiger partial charge in [0.05, 0.1) is 8.59 Å². The van der Waals surface area contributed by atoms with Crippen LogP contribution in [0.5, 0.6) is 5.75 Å². The number of rotatable bonds is 5. The molecule has 0 saturated heterocycles. The van der Waals surface area contributed by atoms with E-state index in [0.717, 1.165) is 14.5 Å². The average Bonchev–Trinajstić information content (AvgIpc) is 2.60. The van der Waals surface area contributed by atoms with E-state index in [1.54, 1.807) is 18.3 Å². The van der Waals surface area contributed by atoms with Crippen LogP contribution in [0, 0.1) is 3.57 Å². The molecule has 6 heteroatoms. The molecule has 2 aromatic carbocycles. The first-order valence-corrected chi connectivity index (χ1v) is 8.66.